The van der Waals surface area contributed by atoms with Crippen LogP contribution in [-0.2, 0) is 9.53 Å². The van der Waals surface area contributed by atoms with Crippen molar-refractivity contribution >= 4 is 5.91 Å². The van der Waals surface area contributed by atoms with Crippen molar-refractivity contribution in [1.82, 2.24) is 4.90 Å². The van der Waals surface area contributed by atoms with Gasteiger partial charge in [0.05, 0.1) is 19.3 Å². The summed E-state index contributed by atoms with van der Waals surface area (Å²) in [5, 5.41) is 0. The normalized spacial score (nSPS) is 23.2. The third kappa shape index (κ3) is 2.97. The molecule has 0 aromatic carbocycles. The Kier molecular flexibility index (Phi) is 4.18. The van der Waals surface area contributed by atoms with E-state index in [-0.39, 0.29) is 11.9 Å². The van der Waals surface area contributed by atoms with Crippen LogP contribution in [0.1, 0.15) is 19.8 Å². The fourth-order valence-corrected chi connectivity index (χ4v) is 1.49. The van der Waals surface area contributed by atoms with Crippen LogP contribution in [0, 0.1) is 0 Å². The summed E-state index contributed by atoms with van der Waals surface area (Å²) in [6.45, 7) is 4.65. The molecule has 0 unspecified atom stereocenters. The number of nitrogens with two attached hydrogens (primary N) is 1. The minimum atomic E-state index is 0.209. The van der Waals surface area contributed by atoms with Crippen molar-refractivity contribution in [2.24, 2.45) is 5.73 Å². The lowest BCUT2D eigenvalue weighted by Gasteiger charge is -2.33. The molecular formula is C9H18N2O2. The van der Waals surface area contributed by atoms with Crippen LogP contribution in [0.3, 0.4) is 0 Å². The molecule has 1 heterocycles. The summed E-state index contributed by atoms with van der Waals surface area (Å²) in [5.41, 5.74) is 5.35. The quantitative estimate of drug-likeness (QED) is 0.673. The van der Waals surface area contributed by atoms with E-state index in [2.05, 4.69) is 0 Å². The number of amides is 1. The number of ether oxygens (including phenoxy) is 1. The highest BCUT2D eigenvalue weighted by molar-refractivity contribution is 5.76. The van der Waals surface area contributed by atoms with Crippen molar-refractivity contribution in [2.45, 2.75) is 25.8 Å². The molecule has 1 fully saturated rings. The first kappa shape index (κ1) is 10.5. The highest BCUT2D eigenvalue weighted by Crippen LogP contribution is 2.08. The smallest absolute Gasteiger partial charge is 0.223 e. The number of hydrogen-bond acceptors (Lipinski definition) is 3. The van der Waals surface area contributed by atoms with E-state index in [0.29, 0.717) is 26.2 Å². The molecule has 1 amide bonds. The molecule has 13 heavy (non-hydrogen) atoms. The Labute approximate surface area is 79.0 Å². The van der Waals surface area contributed by atoms with Gasteiger partial charge >= 0.3 is 0 Å². The molecule has 0 spiro atoms. The molecule has 1 saturated heterocycles. The Morgan fingerprint density at radius 2 is 2.46 bits per heavy atom. The van der Waals surface area contributed by atoms with Gasteiger partial charge in [-0.1, -0.05) is 0 Å². The molecule has 4 nitrogen and oxygen atoms in total. The lowest BCUT2D eigenvalue weighted by atomic mass is 10.2. The second kappa shape index (κ2) is 5.19. The van der Waals surface area contributed by atoms with Crippen LogP contribution in [0.25, 0.3) is 0 Å². The molecular weight excluding hydrogens is 168 g/mol. The number of carbonyl (C=O) groups excluding carboxylic acids is 1. The van der Waals surface area contributed by atoms with Crippen molar-refractivity contribution in [3.05, 3.63) is 0 Å². The van der Waals surface area contributed by atoms with Gasteiger partial charge in [0, 0.05) is 13.0 Å². The zero-order valence-corrected chi connectivity index (χ0v) is 8.16. The summed E-state index contributed by atoms with van der Waals surface area (Å²) >= 11 is 0. The number of rotatable bonds is 3. The van der Waals surface area contributed by atoms with Gasteiger partial charge in [-0.3, -0.25) is 4.79 Å². The van der Waals surface area contributed by atoms with Crippen LogP contribution in [0.2, 0.25) is 0 Å². The molecule has 0 aliphatic carbocycles. The molecule has 1 aliphatic heterocycles. The molecule has 4 heteroatoms. The molecule has 2 N–H and O–H groups in total. The molecule has 0 aromatic heterocycles. The Morgan fingerprint density at radius 3 is 3.08 bits per heavy atom. The van der Waals surface area contributed by atoms with Crippen LogP contribution >= 0.6 is 0 Å². The SMILES string of the molecule is C[C@@H]1COCCN1C(=O)CCCN. The number of nitrogens with zero attached hydrogens (tertiary/aromatic N) is 1. The molecule has 0 radical (unpaired) electrons. The van der Waals surface area contributed by atoms with E-state index >= 15 is 0 Å². The third-order valence-electron chi connectivity index (χ3n) is 2.28. The molecule has 1 aliphatic rings. The highest BCUT2D eigenvalue weighted by Gasteiger charge is 2.22. The summed E-state index contributed by atoms with van der Waals surface area (Å²) in [6, 6.07) is 0.221. The Hall–Kier alpha value is -0.610. The molecule has 1 atom stereocenters. The minimum Gasteiger partial charge on any atom is -0.377 e. The molecule has 0 bridgehead atoms. The maximum absolute atomic E-state index is 11.6. The number of carbonyl (C=O) groups is 1. The molecule has 0 aromatic rings. The summed E-state index contributed by atoms with van der Waals surface area (Å²) in [7, 11) is 0. The topological polar surface area (TPSA) is 55.6 Å². The van der Waals surface area contributed by atoms with Crippen LogP contribution in [0.15, 0.2) is 0 Å². The van der Waals surface area contributed by atoms with E-state index in [1.807, 2.05) is 11.8 Å². The number of hydrogen-bond donors (Lipinski definition) is 1. The maximum Gasteiger partial charge on any atom is 0.223 e. The lowest BCUT2D eigenvalue weighted by Crippen LogP contribution is -2.47. The predicted molar refractivity (Wildman–Crippen MR) is 50.3 cm³/mol. The van der Waals surface area contributed by atoms with Crippen LogP contribution < -0.4 is 5.73 Å². The standard InChI is InChI=1S/C9H18N2O2/c1-8-7-13-6-5-11(8)9(12)3-2-4-10/h8H,2-7,10H2,1H3/t8-/m1/s1. The van der Waals surface area contributed by atoms with E-state index in [1.165, 1.54) is 0 Å². The van der Waals surface area contributed by atoms with Crippen molar-refractivity contribution < 1.29 is 9.53 Å². The zero-order chi connectivity index (χ0) is 9.68. The molecule has 0 saturated carbocycles. The van der Waals surface area contributed by atoms with Gasteiger partial charge in [0.2, 0.25) is 5.91 Å². The van der Waals surface area contributed by atoms with Gasteiger partial charge in [0.1, 0.15) is 0 Å². The van der Waals surface area contributed by atoms with Crippen molar-refractivity contribution in [1.29, 1.82) is 0 Å². The monoisotopic (exact) mass is 186 g/mol. The van der Waals surface area contributed by atoms with E-state index in [9.17, 15) is 4.79 Å². The Bertz CT molecular complexity index is 173. The summed E-state index contributed by atoms with van der Waals surface area (Å²) in [5.74, 6) is 0.209. The minimum absolute atomic E-state index is 0.209. The van der Waals surface area contributed by atoms with E-state index in [4.69, 9.17) is 10.5 Å². The largest absolute Gasteiger partial charge is 0.377 e. The van der Waals surface area contributed by atoms with Gasteiger partial charge in [-0.05, 0) is 19.9 Å². The number of morpholine rings is 1. The second-order valence-electron chi connectivity index (χ2n) is 3.40. The first-order valence-electron chi connectivity index (χ1n) is 4.83. The second-order valence-corrected chi connectivity index (χ2v) is 3.40. The fraction of sp³-hybridized carbons (Fsp3) is 0.889. The molecule has 1 rings (SSSR count). The third-order valence-corrected chi connectivity index (χ3v) is 2.28. The zero-order valence-electron chi connectivity index (χ0n) is 8.16. The van der Waals surface area contributed by atoms with E-state index in [1.54, 1.807) is 0 Å². The van der Waals surface area contributed by atoms with Gasteiger partial charge in [-0.15, -0.1) is 0 Å². The van der Waals surface area contributed by atoms with Gasteiger partial charge in [-0.25, -0.2) is 0 Å². The predicted octanol–water partition coefficient (Wildman–Crippen LogP) is -0.0274. The van der Waals surface area contributed by atoms with Crippen molar-refractivity contribution in [3.63, 3.8) is 0 Å². The first-order chi connectivity index (χ1) is 6.25. The Balaban J connectivity index is 2.35. The maximum atomic E-state index is 11.6. The first-order valence-corrected chi connectivity index (χ1v) is 4.83. The van der Waals surface area contributed by atoms with Gasteiger partial charge < -0.3 is 15.4 Å². The van der Waals surface area contributed by atoms with Gasteiger partial charge in [0.25, 0.3) is 0 Å². The van der Waals surface area contributed by atoms with Gasteiger partial charge in [-0.2, -0.15) is 0 Å². The fourth-order valence-electron chi connectivity index (χ4n) is 1.49. The van der Waals surface area contributed by atoms with Gasteiger partial charge in [0.15, 0.2) is 0 Å². The average molecular weight is 186 g/mol. The molecule has 76 valence electrons. The average Bonchev–Trinajstić information content (AvgIpc) is 2.15. The lowest BCUT2D eigenvalue weighted by molar-refractivity contribution is -0.139. The van der Waals surface area contributed by atoms with Crippen molar-refractivity contribution in [3.8, 4) is 0 Å². The van der Waals surface area contributed by atoms with Crippen molar-refractivity contribution in [2.75, 3.05) is 26.3 Å². The van der Waals surface area contributed by atoms with Crippen LogP contribution in [0.4, 0.5) is 0 Å². The van der Waals surface area contributed by atoms with E-state index in [0.717, 1.165) is 13.0 Å². The van der Waals surface area contributed by atoms with E-state index < -0.39 is 0 Å². The highest BCUT2D eigenvalue weighted by atomic mass is 16.5. The van der Waals surface area contributed by atoms with Crippen LogP contribution in [0.5, 0.6) is 0 Å². The summed E-state index contributed by atoms with van der Waals surface area (Å²) in [6.07, 6.45) is 1.35. The Morgan fingerprint density at radius 1 is 1.69 bits per heavy atom. The summed E-state index contributed by atoms with van der Waals surface area (Å²) < 4.78 is 5.25. The van der Waals surface area contributed by atoms with Crippen LogP contribution in [-0.4, -0.2) is 43.2 Å². The summed E-state index contributed by atoms with van der Waals surface area (Å²) in [4.78, 5) is 13.5.